The van der Waals surface area contributed by atoms with Crippen LogP contribution in [-0.2, 0) is 24.2 Å². The Labute approximate surface area is 199 Å². The van der Waals surface area contributed by atoms with Crippen LogP contribution in [0, 0.1) is 0 Å². The van der Waals surface area contributed by atoms with Crippen LogP contribution < -0.4 is 5.32 Å². The van der Waals surface area contributed by atoms with Gasteiger partial charge >= 0.3 is 0 Å². The lowest BCUT2D eigenvalue weighted by atomic mass is 10.0. The Morgan fingerprint density at radius 2 is 1.82 bits per heavy atom. The first-order chi connectivity index (χ1) is 16.6. The summed E-state index contributed by atoms with van der Waals surface area (Å²) in [5, 5.41) is 7.01. The van der Waals surface area contributed by atoms with Gasteiger partial charge in [-0.15, -0.1) is 0 Å². The van der Waals surface area contributed by atoms with E-state index in [1.807, 2.05) is 42.6 Å². The molecule has 0 radical (unpaired) electrons. The monoisotopic (exact) mass is 455 g/mol. The quantitative estimate of drug-likeness (QED) is 0.390. The second-order valence-corrected chi connectivity index (χ2v) is 9.10. The standard InChI is InChI=1S/C27H29N5O2/c1-18(2)19-6-8-20(9-7-19)26-30-25(34-31-26)15-14-24(33)29-22-12-10-21(11-13-22)27-28-17-23-5-3-4-16-32(23)27/h6-13,17-18H,3-5,14-16H2,1-2H3,(H,29,33). The highest BCUT2D eigenvalue weighted by Crippen LogP contribution is 2.26. The van der Waals surface area contributed by atoms with Crippen LogP contribution >= 0.6 is 0 Å². The zero-order valence-corrected chi connectivity index (χ0v) is 19.6. The molecule has 4 aromatic rings. The third kappa shape index (κ3) is 4.78. The predicted octanol–water partition coefficient (Wildman–Crippen LogP) is 5.63. The lowest BCUT2D eigenvalue weighted by Gasteiger charge is -2.16. The van der Waals surface area contributed by atoms with Gasteiger partial charge in [-0.1, -0.05) is 43.3 Å². The SMILES string of the molecule is CC(C)c1ccc(-c2noc(CCC(=O)Nc3ccc(-c4ncc5n4CCCC5)cc3)n2)cc1. The fraction of sp³-hybridized carbons (Fsp3) is 0.333. The number of aryl methyl sites for hydroxylation is 2. The molecule has 0 fully saturated rings. The van der Waals surface area contributed by atoms with E-state index in [4.69, 9.17) is 4.52 Å². The summed E-state index contributed by atoms with van der Waals surface area (Å²) in [7, 11) is 0. The molecule has 0 unspecified atom stereocenters. The molecule has 1 N–H and O–H groups in total. The first-order valence-corrected chi connectivity index (χ1v) is 11.9. The molecule has 0 atom stereocenters. The number of amides is 1. The topological polar surface area (TPSA) is 85.8 Å². The molecule has 0 saturated heterocycles. The van der Waals surface area contributed by atoms with Crippen LogP contribution in [0.25, 0.3) is 22.8 Å². The van der Waals surface area contributed by atoms with E-state index in [0.29, 0.717) is 24.1 Å². The molecule has 7 heteroatoms. The minimum absolute atomic E-state index is 0.0908. The van der Waals surface area contributed by atoms with Gasteiger partial charge < -0.3 is 14.4 Å². The highest BCUT2D eigenvalue weighted by atomic mass is 16.5. The van der Waals surface area contributed by atoms with Crippen molar-refractivity contribution in [2.24, 2.45) is 0 Å². The summed E-state index contributed by atoms with van der Waals surface area (Å²) in [6.45, 7) is 5.34. The highest BCUT2D eigenvalue weighted by Gasteiger charge is 2.15. The number of hydrogen-bond donors (Lipinski definition) is 1. The molecule has 0 saturated carbocycles. The molecule has 3 heterocycles. The van der Waals surface area contributed by atoms with E-state index < -0.39 is 0 Å². The zero-order valence-electron chi connectivity index (χ0n) is 19.6. The number of nitrogens with one attached hydrogen (secondary N) is 1. The lowest BCUT2D eigenvalue weighted by Crippen LogP contribution is -2.12. The van der Waals surface area contributed by atoms with Crippen LogP contribution in [-0.4, -0.2) is 25.6 Å². The summed E-state index contributed by atoms with van der Waals surface area (Å²) in [4.78, 5) is 21.5. The summed E-state index contributed by atoms with van der Waals surface area (Å²) in [6, 6.07) is 16.0. The van der Waals surface area contributed by atoms with Crippen LogP contribution in [0.2, 0.25) is 0 Å². The number of hydrogen-bond acceptors (Lipinski definition) is 5. The number of carbonyl (C=O) groups excluding carboxylic acids is 1. The molecule has 174 valence electrons. The maximum atomic E-state index is 12.5. The van der Waals surface area contributed by atoms with E-state index in [1.54, 1.807) is 0 Å². The Morgan fingerprint density at radius 1 is 1.06 bits per heavy atom. The number of rotatable bonds is 7. The van der Waals surface area contributed by atoms with Crippen molar-refractivity contribution in [3.63, 3.8) is 0 Å². The van der Waals surface area contributed by atoms with Gasteiger partial charge in [-0.25, -0.2) is 4.98 Å². The fourth-order valence-electron chi connectivity index (χ4n) is 4.30. The van der Waals surface area contributed by atoms with Gasteiger partial charge in [0.05, 0.1) is 0 Å². The van der Waals surface area contributed by atoms with Crippen molar-refractivity contribution in [2.45, 2.75) is 58.4 Å². The molecular formula is C27H29N5O2. The first-order valence-electron chi connectivity index (χ1n) is 11.9. The third-order valence-electron chi connectivity index (χ3n) is 6.30. The van der Waals surface area contributed by atoms with E-state index in [-0.39, 0.29) is 12.3 Å². The highest BCUT2D eigenvalue weighted by molar-refractivity contribution is 5.91. The van der Waals surface area contributed by atoms with E-state index in [0.717, 1.165) is 35.6 Å². The second kappa shape index (κ2) is 9.63. The van der Waals surface area contributed by atoms with Gasteiger partial charge in [0.1, 0.15) is 5.82 Å². The molecule has 2 aromatic carbocycles. The average molecular weight is 456 g/mol. The molecule has 7 nitrogen and oxygen atoms in total. The predicted molar refractivity (Wildman–Crippen MR) is 131 cm³/mol. The van der Waals surface area contributed by atoms with Gasteiger partial charge in [-0.05, 0) is 55.0 Å². The maximum absolute atomic E-state index is 12.5. The molecule has 0 aliphatic carbocycles. The summed E-state index contributed by atoms with van der Waals surface area (Å²) in [5.74, 6) is 2.38. The maximum Gasteiger partial charge on any atom is 0.227 e. The van der Waals surface area contributed by atoms with E-state index in [1.165, 1.54) is 24.1 Å². The molecule has 1 aliphatic heterocycles. The Balaban J connectivity index is 1.16. The lowest BCUT2D eigenvalue weighted by molar-refractivity contribution is -0.116. The second-order valence-electron chi connectivity index (χ2n) is 9.10. The average Bonchev–Trinajstić information content (AvgIpc) is 3.51. The minimum atomic E-state index is -0.0908. The summed E-state index contributed by atoms with van der Waals surface area (Å²) in [6.07, 6.45) is 6.15. The van der Waals surface area contributed by atoms with Crippen LogP contribution in [0.5, 0.6) is 0 Å². The van der Waals surface area contributed by atoms with Crippen LogP contribution in [0.1, 0.15) is 56.2 Å². The van der Waals surface area contributed by atoms with E-state index in [9.17, 15) is 4.79 Å². The molecule has 0 spiro atoms. The zero-order chi connectivity index (χ0) is 23.5. The summed E-state index contributed by atoms with van der Waals surface area (Å²) >= 11 is 0. The normalized spacial score (nSPS) is 13.1. The van der Waals surface area contributed by atoms with Crippen molar-refractivity contribution in [2.75, 3.05) is 5.32 Å². The van der Waals surface area contributed by atoms with Crippen LogP contribution in [0.3, 0.4) is 0 Å². The Morgan fingerprint density at radius 3 is 2.59 bits per heavy atom. The Kier molecular flexibility index (Phi) is 6.25. The van der Waals surface area contributed by atoms with Crippen molar-refractivity contribution < 1.29 is 9.32 Å². The molecule has 2 aromatic heterocycles. The largest absolute Gasteiger partial charge is 0.339 e. The summed E-state index contributed by atoms with van der Waals surface area (Å²) in [5.41, 5.74) is 5.29. The van der Waals surface area contributed by atoms with Gasteiger partial charge in [0.25, 0.3) is 0 Å². The van der Waals surface area contributed by atoms with E-state index >= 15 is 0 Å². The smallest absolute Gasteiger partial charge is 0.227 e. The van der Waals surface area contributed by atoms with Gasteiger partial charge in [0.2, 0.25) is 17.6 Å². The molecule has 5 rings (SSSR count). The fourth-order valence-corrected chi connectivity index (χ4v) is 4.30. The van der Waals surface area contributed by atoms with Crippen molar-refractivity contribution in [1.82, 2.24) is 19.7 Å². The molecule has 0 bridgehead atoms. The van der Waals surface area contributed by atoms with E-state index in [2.05, 4.69) is 51.0 Å². The van der Waals surface area contributed by atoms with Gasteiger partial charge in [0, 0.05) is 48.1 Å². The van der Waals surface area contributed by atoms with Crippen molar-refractivity contribution in [1.29, 1.82) is 0 Å². The van der Waals surface area contributed by atoms with Gasteiger partial charge in [-0.3, -0.25) is 4.79 Å². The van der Waals surface area contributed by atoms with Crippen LogP contribution in [0.4, 0.5) is 5.69 Å². The number of carbonyl (C=O) groups is 1. The number of aromatic nitrogens is 4. The Hall–Kier alpha value is -3.74. The summed E-state index contributed by atoms with van der Waals surface area (Å²) < 4.78 is 7.65. The minimum Gasteiger partial charge on any atom is -0.339 e. The van der Waals surface area contributed by atoms with Crippen molar-refractivity contribution >= 4 is 11.6 Å². The van der Waals surface area contributed by atoms with Gasteiger partial charge in [-0.2, -0.15) is 4.98 Å². The van der Waals surface area contributed by atoms with Gasteiger partial charge in [0.15, 0.2) is 0 Å². The van der Waals surface area contributed by atoms with Crippen LogP contribution in [0.15, 0.2) is 59.3 Å². The molecule has 1 amide bonds. The number of anilines is 1. The molecule has 34 heavy (non-hydrogen) atoms. The van der Waals surface area contributed by atoms with Crippen molar-refractivity contribution in [3.05, 3.63) is 71.9 Å². The number of benzene rings is 2. The molecular weight excluding hydrogens is 426 g/mol. The molecule has 1 aliphatic rings. The number of fused-ring (bicyclic) bond motifs is 1. The van der Waals surface area contributed by atoms with Crippen molar-refractivity contribution in [3.8, 4) is 22.8 Å². The third-order valence-corrected chi connectivity index (χ3v) is 6.30. The first kappa shape index (κ1) is 22.1. The Bertz CT molecular complexity index is 1270. The number of nitrogens with zero attached hydrogens (tertiary/aromatic N) is 4. The number of imidazole rings is 1.